The summed E-state index contributed by atoms with van der Waals surface area (Å²) in [6, 6.07) is 15.1. The van der Waals surface area contributed by atoms with Crippen molar-refractivity contribution in [3.8, 4) is 0 Å². The minimum Gasteiger partial charge on any atom is -0.454 e. The molecule has 0 unspecified atom stereocenters. The molecule has 144 valence electrons. The lowest BCUT2D eigenvalue weighted by atomic mass is 9.85. The van der Waals surface area contributed by atoms with Crippen LogP contribution in [0.1, 0.15) is 36.7 Å². The van der Waals surface area contributed by atoms with Crippen molar-refractivity contribution >= 4 is 27.5 Å². The van der Waals surface area contributed by atoms with E-state index in [1.165, 1.54) is 31.2 Å². The monoisotopic (exact) mass is 389 g/mol. The number of carbonyl (C=O) groups is 2. The van der Waals surface area contributed by atoms with Crippen LogP contribution >= 0.6 is 0 Å². The highest BCUT2D eigenvalue weighted by Crippen LogP contribution is 2.25. The van der Waals surface area contributed by atoms with Gasteiger partial charge in [0.25, 0.3) is 0 Å². The summed E-state index contributed by atoms with van der Waals surface area (Å²) >= 11 is 0. The highest BCUT2D eigenvalue weighted by atomic mass is 32.2. The zero-order valence-corrected chi connectivity index (χ0v) is 16.5. The van der Waals surface area contributed by atoms with E-state index in [-0.39, 0.29) is 5.78 Å². The molecule has 0 amide bonds. The molecule has 0 saturated carbocycles. The number of carbonyl (C=O) groups excluding carboxylic acids is 2. The zero-order valence-electron chi connectivity index (χ0n) is 15.7. The molecule has 1 atom stereocenters. The molecule has 2 aromatic carbocycles. The van der Waals surface area contributed by atoms with Crippen LogP contribution in [0.5, 0.6) is 0 Å². The van der Waals surface area contributed by atoms with E-state index >= 15 is 0 Å². The van der Waals surface area contributed by atoms with E-state index in [9.17, 15) is 18.0 Å². The molecule has 0 aliphatic rings. The molecule has 0 aromatic heterocycles. The van der Waals surface area contributed by atoms with Crippen LogP contribution in [0.4, 0.5) is 5.69 Å². The third-order valence-corrected chi connectivity index (χ3v) is 4.74. The number of Topliss-reactive ketones (excluding diaryl/α,β-unsaturated/α-hetero) is 1. The third kappa shape index (κ3) is 5.40. The lowest BCUT2D eigenvalue weighted by Gasteiger charge is -2.25. The van der Waals surface area contributed by atoms with Crippen LogP contribution in [0, 0.1) is 0 Å². The first-order valence-electron chi connectivity index (χ1n) is 8.39. The minimum atomic E-state index is -3.39. The van der Waals surface area contributed by atoms with Gasteiger partial charge in [0.2, 0.25) is 15.8 Å². The Kier molecular flexibility index (Phi) is 6.05. The molecule has 1 N–H and O–H groups in total. The second-order valence-corrected chi connectivity index (χ2v) is 8.60. The molecule has 0 heterocycles. The molecule has 6 nitrogen and oxygen atoms in total. The maximum absolute atomic E-state index is 12.6. The number of hydrogen-bond acceptors (Lipinski definition) is 5. The fraction of sp³-hybridized carbons (Fsp3) is 0.300. The molecule has 7 heteroatoms. The Hall–Kier alpha value is -2.67. The van der Waals surface area contributed by atoms with Crippen LogP contribution in [0.2, 0.25) is 0 Å². The molecule has 0 spiro atoms. The number of rotatable bonds is 7. The van der Waals surface area contributed by atoms with Crippen LogP contribution in [-0.4, -0.2) is 32.5 Å². The first-order chi connectivity index (χ1) is 12.5. The Balaban J connectivity index is 2.08. The quantitative estimate of drug-likeness (QED) is 0.580. The standard InChI is InChI=1S/C20H23NO5S/c1-14(26-19(23)20(2,3)16-8-6-5-7-9-16)18(22)15-10-12-17(13-11-15)21-27(4,24)25/h5-14,21H,1-4H3/t14-/m1/s1. The molecule has 27 heavy (non-hydrogen) atoms. The van der Waals surface area contributed by atoms with E-state index in [0.29, 0.717) is 11.3 Å². The maximum Gasteiger partial charge on any atom is 0.316 e. The van der Waals surface area contributed by atoms with E-state index in [0.717, 1.165) is 11.8 Å². The molecule has 0 aliphatic heterocycles. The van der Waals surface area contributed by atoms with Crippen LogP contribution in [0.3, 0.4) is 0 Å². The fourth-order valence-electron chi connectivity index (χ4n) is 2.49. The topological polar surface area (TPSA) is 89.5 Å². The summed E-state index contributed by atoms with van der Waals surface area (Å²) in [6.07, 6.45) is 0.0800. The highest BCUT2D eigenvalue weighted by molar-refractivity contribution is 7.92. The highest BCUT2D eigenvalue weighted by Gasteiger charge is 2.33. The summed E-state index contributed by atoms with van der Waals surface area (Å²) in [6.45, 7) is 5.00. The third-order valence-electron chi connectivity index (χ3n) is 4.13. The first kappa shape index (κ1) is 20.6. The van der Waals surface area contributed by atoms with Gasteiger partial charge in [-0.1, -0.05) is 30.3 Å². The molecule has 0 fully saturated rings. The average molecular weight is 389 g/mol. The van der Waals surface area contributed by atoms with Gasteiger partial charge < -0.3 is 4.74 Å². The molecular formula is C20H23NO5S. The smallest absolute Gasteiger partial charge is 0.316 e. The molecule has 0 saturated heterocycles. The lowest BCUT2D eigenvalue weighted by molar-refractivity contribution is -0.152. The molecule has 0 radical (unpaired) electrons. The molecule has 2 aromatic rings. The summed E-state index contributed by atoms with van der Waals surface area (Å²) in [7, 11) is -3.39. The number of sulfonamides is 1. The van der Waals surface area contributed by atoms with Gasteiger partial charge in [-0.25, -0.2) is 8.42 Å². The average Bonchev–Trinajstić information content (AvgIpc) is 2.61. The van der Waals surface area contributed by atoms with E-state index < -0.39 is 27.5 Å². The number of ketones is 1. The van der Waals surface area contributed by atoms with Crippen LogP contribution in [0.25, 0.3) is 0 Å². The van der Waals surface area contributed by atoms with Crippen LogP contribution < -0.4 is 4.72 Å². The van der Waals surface area contributed by atoms with Crippen molar-refractivity contribution in [2.75, 3.05) is 11.0 Å². The SMILES string of the molecule is C[C@@H](OC(=O)C(C)(C)c1ccccc1)C(=O)c1ccc(NS(C)(=O)=O)cc1. The zero-order chi connectivity index (χ0) is 20.2. The number of nitrogens with one attached hydrogen (secondary N) is 1. The van der Waals surface area contributed by atoms with Crippen LogP contribution in [0.15, 0.2) is 54.6 Å². The summed E-state index contributed by atoms with van der Waals surface area (Å²) in [4.78, 5) is 25.1. The van der Waals surface area contributed by atoms with Crippen molar-refractivity contribution in [1.82, 2.24) is 0 Å². The Morgan fingerprint density at radius 2 is 1.56 bits per heavy atom. The predicted octanol–water partition coefficient (Wildman–Crippen LogP) is 3.15. The van der Waals surface area contributed by atoms with Gasteiger partial charge in [-0.3, -0.25) is 14.3 Å². The van der Waals surface area contributed by atoms with E-state index in [2.05, 4.69) is 4.72 Å². The van der Waals surface area contributed by atoms with Gasteiger partial charge in [0.1, 0.15) is 0 Å². The summed E-state index contributed by atoms with van der Waals surface area (Å²) in [5, 5.41) is 0. The summed E-state index contributed by atoms with van der Waals surface area (Å²) < 4.78 is 30.2. The van der Waals surface area contributed by atoms with Crippen molar-refractivity contribution in [2.45, 2.75) is 32.3 Å². The first-order valence-corrected chi connectivity index (χ1v) is 10.3. The van der Waals surface area contributed by atoms with Gasteiger partial charge in [0, 0.05) is 11.3 Å². The number of benzene rings is 2. The Bertz CT molecular complexity index is 919. The van der Waals surface area contributed by atoms with Gasteiger partial charge in [0.15, 0.2) is 6.10 Å². The second kappa shape index (κ2) is 7.92. The van der Waals surface area contributed by atoms with Gasteiger partial charge in [0.05, 0.1) is 11.7 Å². The van der Waals surface area contributed by atoms with Gasteiger partial charge >= 0.3 is 5.97 Å². The second-order valence-electron chi connectivity index (χ2n) is 6.85. The van der Waals surface area contributed by atoms with Gasteiger partial charge in [-0.2, -0.15) is 0 Å². The number of anilines is 1. The van der Waals surface area contributed by atoms with Gasteiger partial charge in [-0.05, 0) is 50.6 Å². The number of esters is 1. The Morgan fingerprint density at radius 1 is 1.00 bits per heavy atom. The minimum absolute atomic E-state index is 0.326. The predicted molar refractivity (Wildman–Crippen MR) is 104 cm³/mol. The maximum atomic E-state index is 12.6. The molecule has 0 aliphatic carbocycles. The summed E-state index contributed by atoms with van der Waals surface area (Å²) in [5.41, 5.74) is 0.584. The lowest BCUT2D eigenvalue weighted by Crippen LogP contribution is -2.35. The van der Waals surface area contributed by atoms with Crippen molar-refractivity contribution in [2.24, 2.45) is 0 Å². The van der Waals surface area contributed by atoms with E-state index in [1.54, 1.807) is 13.8 Å². The van der Waals surface area contributed by atoms with Crippen molar-refractivity contribution < 1.29 is 22.7 Å². The Labute approximate surface area is 159 Å². The Morgan fingerprint density at radius 3 is 2.07 bits per heavy atom. The van der Waals surface area contributed by atoms with E-state index in [4.69, 9.17) is 4.74 Å². The number of hydrogen-bond donors (Lipinski definition) is 1. The number of ether oxygens (including phenoxy) is 1. The van der Waals surface area contributed by atoms with Gasteiger partial charge in [-0.15, -0.1) is 0 Å². The molecule has 0 bridgehead atoms. The van der Waals surface area contributed by atoms with Crippen molar-refractivity contribution in [3.63, 3.8) is 0 Å². The molecule has 2 rings (SSSR count). The van der Waals surface area contributed by atoms with Crippen LogP contribution in [-0.2, 0) is 25.0 Å². The van der Waals surface area contributed by atoms with E-state index in [1.807, 2.05) is 30.3 Å². The fourth-order valence-corrected chi connectivity index (χ4v) is 3.05. The normalized spacial score (nSPS) is 12.9. The van der Waals surface area contributed by atoms with Crippen molar-refractivity contribution in [1.29, 1.82) is 0 Å². The summed E-state index contributed by atoms with van der Waals surface area (Å²) in [5.74, 6) is -0.858. The largest absolute Gasteiger partial charge is 0.454 e. The van der Waals surface area contributed by atoms with Crippen molar-refractivity contribution in [3.05, 3.63) is 65.7 Å². The molecular weight excluding hydrogens is 366 g/mol.